The molecule has 2 aliphatic heterocycles. The van der Waals surface area contributed by atoms with Gasteiger partial charge in [0.2, 0.25) is 0 Å². The summed E-state index contributed by atoms with van der Waals surface area (Å²) in [5, 5.41) is 0. The lowest BCUT2D eigenvalue weighted by atomic mass is 9.86. The van der Waals surface area contributed by atoms with Crippen LogP contribution >= 0.6 is 0 Å². The van der Waals surface area contributed by atoms with Gasteiger partial charge >= 0.3 is 0 Å². The van der Waals surface area contributed by atoms with E-state index in [-0.39, 0.29) is 22.9 Å². The maximum absolute atomic E-state index is 6.06. The summed E-state index contributed by atoms with van der Waals surface area (Å²) >= 11 is 0. The van der Waals surface area contributed by atoms with E-state index in [1.54, 1.807) is 7.11 Å². The van der Waals surface area contributed by atoms with Crippen molar-refractivity contribution in [2.75, 3.05) is 7.11 Å². The van der Waals surface area contributed by atoms with Gasteiger partial charge in [0.05, 0.1) is 22.9 Å². The first kappa shape index (κ1) is 18.2. The fourth-order valence-corrected chi connectivity index (χ4v) is 3.89. The van der Waals surface area contributed by atoms with Gasteiger partial charge in [-0.05, 0) is 78.7 Å². The van der Waals surface area contributed by atoms with E-state index in [1.165, 1.54) is 11.1 Å². The molecule has 1 aliphatic carbocycles. The lowest BCUT2D eigenvalue weighted by Crippen LogP contribution is -2.27. The van der Waals surface area contributed by atoms with Crippen LogP contribution in [0.15, 0.2) is 23.3 Å². The molecule has 0 spiro atoms. The number of hydrogen-bond acceptors (Lipinski definition) is 3. The Hall–Kier alpha value is -0.640. The highest BCUT2D eigenvalue weighted by Gasteiger charge is 2.53. The lowest BCUT2D eigenvalue weighted by molar-refractivity contribution is 0.0507. The lowest BCUT2D eigenvalue weighted by Gasteiger charge is -2.27. The van der Waals surface area contributed by atoms with Gasteiger partial charge < -0.3 is 14.2 Å². The predicted molar refractivity (Wildman–Crippen MR) is 97.2 cm³/mol. The molecule has 4 atom stereocenters. The zero-order valence-corrected chi connectivity index (χ0v) is 16.3. The van der Waals surface area contributed by atoms with Gasteiger partial charge in [-0.15, -0.1) is 0 Å². The third kappa shape index (κ3) is 3.79. The molecule has 3 rings (SSSR count). The largest absolute Gasteiger partial charge is 0.374 e. The molecule has 0 amide bonds. The van der Waals surface area contributed by atoms with Crippen LogP contribution in [0.4, 0.5) is 0 Å². The molecule has 0 saturated carbocycles. The van der Waals surface area contributed by atoms with Crippen molar-refractivity contribution in [3.05, 3.63) is 23.3 Å². The smallest absolute Gasteiger partial charge is 0.106 e. The van der Waals surface area contributed by atoms with Gasteiger partial charge in [-0.2, -0.15) is 0 Å². The van der Waals surface area contributed by atoms with Crippen LogP contribution in [-0.2, 0) is 14.2 Å². The summed E-state index contributed by atoms with van der Waals surface area (Å²) < 4.78 is 17.9. The molecule has 0 aromatic carbocycles. The van der Waals surface area contributed by atoms with Crippen molar-refractivity contribution in [1.82, 2.24) is 0 Å². The van der Waals surface area contributed by atoms with E-state index < -0.39 is 0 Å². The number of epoxide rings is 2. The number of rotatable bonds is 2. The van der Waals surface area contributed by atoms with Crippen molar-refractivity contribution in [1.29, 1.82) is 0 Å². The van der Waals surface area contributed by atoms with Gasteiger partial charge in [-0.1, -0.05) is 17.7 Å². The quantitative estimate of drug-likeness (QED) is 0.529. The van der Waals surface area contributed by atoms with Gasteiger partial charge in [-0.25, -0.2) is 0 Å². The maximum Gasteiger partial charge on any atom is 0.106 e. The molecule has 0 radical (unpaired) electrons. The maximum atomic E-state index is 6.06. The number of fused-ring (bicyclic) bond motifs is 2. The molecule has 24 heavy (non-hydrogen) atoms. The molecule has 3 heteroatoms. The van der Waals surface area contributed by atoms with E-state index >= 15 is 0 Å². The van der Waals surface area contributed by atoms with E-state index in [1.807, 2.05) is 0 Å². The molecule has 0 N–H and O–H groups in total. The number of methoxy groups -OCH3 is 1. The Balaban J connectivity index is 1.80. The normalized spacial score (nSPS) is 44.9. The molecule has 3 aliphatic rings. The van der Waals surface area contributed by atoms with Gasteiger partial charge in [0, 0.05) is 7.11 Å². The van der Waals surface area contributed by atoms with Crippen LogP contribution in [0.3, 0.4) is 0 Å². The van der Waals surface area contributed by atoms with Crippen molar-refractivity contribution in [2.45, 2.75) is 102 Å². The zero-order chi connectivity index (χ0) is 17.6. The molecule has 3 nitrogen and oxygen atoms in total. The minimum absolute atomic E-state index is 0.00150. The van der Waals surface area contributed by atoms with E-state index in [0.717, 1.165) is 38.5 Å². The van der Waals surface area contributed by atoms with Crippen LogP contribution in [0.1, 0.15) is 73.1 Å². The first-order valence-electron chi connectivity index (χ1n) is 9.46. The first-order valence-corrected chi connectivity index (χ1v) is 9.46. The third-order valence-corrected chi connectivity index (χ3v) is 6.44. The molecule has 136 valence electrons. The van der Waals surface area contributed by atoms with Crippen LogP contribution < -0.4 is 0 Å². The van der Waals surface area contributed by atoms with Crippen LogP contribution in [-0.4, -0.2) is 36.1 Å². The van der Waals surface area contributed by atoms with Crippen molar-refractivity contribution in [3.8, 4) is 0 Å². The summed E-state index contributed by atoms with van der Waals surface area (Å²) in [6, 6.07) is 0. The topological polar surface area (TPSA) is 34.3 Å². The van der Waals surface area contributed by atoms with Crippen LogP contribution in [0.25, 0.3) is 0 Å². The Labute approximate surface area is 147 Å². The molecule has 3 unspecified atom stereocenters. The van der Waals surface area contributed by atoms with Crippen molar-refractivity contribution in [2.24, 2.45) is 0 Å². The van der Waals surface area contributed by atoms with Crippen LogP contribution in [0.5, 0.6) is 0 Å². The second-order valence-corrected chi connectivity index (χ2v) is 8.80. The summed E-state index contributed by atoms with van der Waals surface area (Å²) in [7, 11) is 1.80. The predicted octanol–water partition coefficient (Wildman–Crippen LogP) is 4.95. The molecule has 0 aromatic rings. The molecule has 2 heterocycles. The summed E-state index contributed by atoms with van der Waals surface area (Å²) in [5.41, 5.74) is 2.63. The summed E-state index contributed by atoms with van der Waals surface area (Å²) in [5.74, 6) is 0. The Bertz CT molecular complexity index is 547. The van der Waals surface area contributed by atoms with Gasteiger partial charge in [0.1, 0.15) is 6.10 Å². The fourth-order valence-electron chi connectivity index (χ4n) is 3.89. The molecule has 0 aromatic heterocycles. The minimum atomic E-state index is -0.249. The summed E-state index contributed by atoms with van der Waals surface area (Å²) in [6.07, 6.45) is 11.9. The van der Waals surface area contributed by atoms with Gasteiger partial charge in [-0.3, -0.25) is 0 Å². The van der Waals surface area contributed by atoms with Crippen molar-refractivity contribution < 1.29 is 14.2 Å². The van der Waals surface area contributed by atoms with E-state index in [2.05, 4.69) is 46.8 Å². The van der Waals surface area contributed by atoms with Crippen LogP contribution in [0, 0.1) is 0 Å². The second kappa shape index (κ2) is 6.26. The zero-order valence-electron chi connectivity index (χ0n) is 16.3. The average molecular weight is 335 g/mol. The molecular formula is C21H34O3. The number of allylic oxidation sites excluding steroid dienone is 2. The molecular weight excluding hydrogens is 300 g/mol. The van der Waals surface area contributed by atoms with Gasteiger partial charge in [0.25, 0.3) is 0 Å². The Kier molecular flexibility index (Phi) is 4.74. The Morgan fingerprint density at radius 2 is 1.88 bits per heavy atom. The van der Waals surface area contributed by atoms with Crippen LogP contribution in [0.2, 0.25) is 0 Å². The van der Waals surface area contributed by atoms with Crippen molar-refractivity contribution in [3.63, 3.8) is 0 Å². The fraction of sp³-hybridized carbons (Fsp3) is 0.810. The minimum Gasteiger partial charge on any atom is -0.374 e. The van der Waals surface area contributed by atoms with Crippen molar-refractivity contribution >= 4 is 0 Å². The van der Waals surface area contributed by atoms with Gasteiger partial charge in [0.15, 0.2) is 0 Å². The Morgan fingerprint density at radius 3 is 2.58 bits per heavy atom. The number of hydrogen-bond donors (Lipinski definition) is 0. The third-order valence-electron chi connectivity index (χ3n) is 6.44. The summed E-state index contributed by atoms with van der Waals surface area (Å²) in [6.45, 7) is 11.1. The SMILES string of the molecule is COC(C)(C)/C1=C/C2O[C@]2(C)CC/C=C(\C)CCC2OC2(C)CC1. The Morgan fingerprint density at radius 1 is 1.12 bits per heavy atom. The summed E-state index contributed by atoms with van der Waals surface area (Å²) in [4.78, 5) is 0. The molecule has 2 fully saturated rings. The standard InChI is InChI=1S/C21H34O3/c1-15-8-7-12-20(4)18(24-20)14-16(19(2,3)22-6)11-13-21(5)17(23-21)10-9-15/h8,14,17-18H,7,9-13H2,1-6H3/b15-8+,16-14+/t17?,18?,20-,21?/m1/s1. The highest BCUT2D eigenvalue weighted by atomic mass is 16.6. The van der Waals surface area contributed by atoms with E-state index in [4.69, 9.17) is 14.2 Å². The average Bonchev–Trinajstić information content (AvgIpc) is 3.37. The highest BCUT2D eigenvalue weighted by molar-refractivity contribution is 5.24. The number of ether oxygens (including phenoxy) is 3. The molecule has 2 saturated heterocycles. The monoisotopic (exact) mass is 334 g/mol. The van der Waals surface area contributed by atoms with E-state index in [9.17, 15) is 0 Å². The second-order valence-electron chi connectivity index (χ2n) is 8.80. The molecule has 0 bridgehead atoms. The highest BCUT2D eigenvalue weighted by Crippen LogP contribution is 2.47. The first-order chi connectivity index (χ1) is 11.2. The van der Waals surface area contributed by atoms with E-state index in [0.29, 0.717) is 6.10 Å².